The Kier molecular flexibility index (Phi) is 3.42. The van der Waals surface area contributed by atoms with Crippen LogP contribution in [-0.4, -0.2) is 17.2 Å². The molecule has 1 rings (SSSR count). The zero-order valence-corrected chi connectivity index (χ0v) is 8.96. The number of rotatable bonds is 2. The lowest BCUT2D eigenvalue weighted by molar-refractivity contribution is -0.138. The van der Waals surface area contributed by atoms with E-state index in [1.54, 1.807) is 6.07 Å². The molecule has 1 N–H and O–H groups in total. The van der Waals surface area contributed by atoms with Crippen LogP contribution in [0.5, 0.6) is 0 Å². The Morgan fingerprint density at radius 2 is 2.20 bits per heavy atom. The van der Waals surface area contributed by atoms with Crippen LogP contribution in [-0.2, 0) is 0 Å². The number of hydrogen-bond donors (Lipinski definition) is 1. The molecule has 1 aromatic heterocycles. The molecule has 1 heterocycles. The van der Waals surface area contributed by atoms with Gasteiger partial charge in [-0.3, -0.25) is 0 Å². The lowest BCUT2D eigenvalue weighted by Gasteiger charge is -2.15. The van der Waals surface area contributed by atoms with Crippen molar-refractivity contribution in [2.75, 3.05) is 5.32 Å². The standard InChI is InChI=1S/C7H5ClF3N3S/c1-3(7(9,10)11)13-6-14-5(8)4(2-12)15-6/h3H,1H3,(H,13,14). The van der Waals surface area contributed by atoms with Crippen molar-refractivity contribution in [1.82, 2.24) is 4.98 Å². The summed E-state index contributed by atoms with van der Waals surface area (Å²) in [7, 11) is 0. The van der Waals surface area contributed by atoms with Gasteiger partial charge in [0.2, 0.25) is 0 Å². The molecule has 0 spiro atoms. The maximum atomic E-state index is 12.1. The Bertz CT molecular complexity index is 395. The Labute approximate surface area is 92.5 Å². The van der Waals surface area contributed by atoms with Crippen molar-refractivity contribution in [2.24, 2.45) is 0 Å². The van der Waals surface area contributed by atoms with Gasteiger partial charge in [-0.1, -0.05) is 22.9 Å². The number of halogens is 4. The minimum atomic E-state index is -4.36. The Morgan fingerprint density at radius 1 is 1.60 bits per heavy atom. The normalized spacial score (nSPS) is 13.3. The van der Waals surface area contributed by atoms with Gasteiger partial charge in [-0.05, 0) is 6.92 Å². The summed E-state index contributed by atoms with van der Waals surface area (Å²) < 4.78 is 36.4. The Balaban J connectivity index is 2.79. The Morgan fingerprint density at radius 3 is 2.60 bits per heavy atom. The predicted octanol–water partition coefficient (Wildman–Crippen LogP) is 3.03. The molecule has 0 aromatic carbocycles. The predicted molar refractivity (Wildman–Crippen MR) is 51.0 cm³/mol. The highest BCUT2D eigenvalue weighted by Gasteiger charge is 2.36. The first-order valence-corrected chi connectivity index (χ1v) is 4.93. The van der Waals surface area contributed by atoms with Gasteiger partial charge >= 0.3 is 6.18 Å². The zero-order valence-electron chi connectivity index (χ0n) is 7.39. The molecular weight excluding hydrogens is 251 g/mol. The lowest BCUT2D eigenvalue weighted by atomic mass is 10.3. The van der Waals surface area contributed by atoms with E-state index in [2.05, 4.69) is 10.3 Å². The summed E-state index contributed by atoms with van der Waals surface area (Å²) in [5, 5.41) is 10.5. The van der Waals surface area contributed by atoms with E-state index in [1.165, 1.54) is 0 Å². The van der Waals surface area contributed by atoms with E-state index < -0.39 is 12.2 Å². The summed E-state index contributed by atoms with van der Waals surface area (Å²) in [5.74, 6) is 0. The number of anilines is 1. The monoisotopic (exact) mass is 255 g/mol. The molecule has 1 aromatic rings. The highest BCUT2D eigenvalue weighted by molar-refractivity contribution is 7.16. The van der Waals surface area contributed by atoms with E-state index in [1.807, 2.05) is 0 Å². The van der Waals surface area contributed by atoms with Gasteiger partial charge in [0, 0.05) is 0 Å². The molecule has 15 heavy (non-hydrogen) atoms. The van der Waals surface area contributed by atoms with Crippen LogP contribution in [0.15, 0.2) is 0 Å². The van der Waals surface area contributed by atoms with Crippen LogP contribution in [0.3, 0.4) is 0 Å². The molecule has 1 atom stereocenters. The molecule has 0 saturated carbocycles. The Hall–Kier alpha value is -1.00. The first-order valence-electron chi connectivity index (χ1n) is 3.74. The summed E-state index contributed by atoms with van der Waals surface area (Å²) in [6.07, 6.45) is -4.36. The van der Waals surface area contributed by atoms with E-state index >= 15 is 0 Å². The van der Waals surface area contributed by atoms with Gasteiger partial charge in [0.05, 0.1) is 0 Å². The van der Waals surface area contributed by atoms with Crippen LogP contribution in [0.1, 0.15) is 11.8 Å². The molecule has 0 amide bonds. The summed E-state index contributed by atoms with van der Waals surface area (Å²) in [6, 6.07) is 0.000133. The van der Waals surface area contributed by atoms with Crippen LogP contribution < -0.4 is 5.32 Å². The second-order valence-electron chi connectivity index (χ2n) is 2.66. The van der Waals surface area contributed by atoms with Crippen molar-refractivity contribution < 1.29 is 13.2 Å². The largest absolute Gasteiger partial charge is 0.408 e. The number of alkyl halides is 3. The number of aromatic nitrogens is 1. The fourth-order valence-corrected chi connectivity index (χ4v) is 1.73. The van der Waals surface area contributed by atoms with E-state index in [4.69, 9.17) is 16.9 Å². The van der Waals surface area contributed by atoms with Crippen molar-refractivity contribution in [3.63, 3.8) is 0 Å². The number of hydrogen-bond acceptors (Lipinski definition) is 4. The average Bonchev–Trinajstić information content (AvgIpc) is 2.44. The van der Waals surface area contributed by atoms with Crippen LogP contribution in [0.4, 0.5) is 18.3 Å². The number of nitriles is 1. The fourth-order valence-electron chi connectivity index (χ4n) is 0.699. The van der Waals surface area contributed by atoms with E-state index in [0.717, 1.165) is 18.3 Å². The van der Waals surface area contributed by atoms with Gasteiger partial charge < -0.3 is 5.32 Å². The smallest absolute Gasteiger partial charge is 0.350 e. The number of nitrogens with one attached hydrogen (secondary N) is 1. The summed E-state index contributed by atoms with van der Waals surface area (Å²) in [6.45, 7) is 0.960. The van der Waals surface area contributed by atoms with Crippen molar-refractivity contribution in [1.29, 1.82) is 5.26 Å². The summed E-state index contributed by atoms with van der Waals surface area (Å²) >= 11 is 6.29. The lowest BCUT2D eigenvalue weighted by Crippen LogP contribution is -2.32. The first-order chi connectivity index (χ1) is 6.84. The molecular formula is C7H5ClF3N3S. The van der Waals surface area contributed by atoms with Crippen LogP contribution in [0.2, 0.25) is 5.15 Å². The summed E-state index contributed by atoms with van der Waals surface area (Å²) in [5.41, 5.74) is 0. The molecule has 1 unspecified atom stereocenters. The van der Waals surface area contributed by atoms with Gasteiger partial charge in [0.25, 0.3) is 0 Å². The zero-order chi connectivity index (χ0) is 11.6. The highest BCUT2D eigenvalue weighted by Crippen LogP contribution is 2.29. The fraction of sp³-hybridized carbons (Fsp3) is 0.429. The molecule has 82 valence electrons. The average molecular weight is 256 g/mol. The van der Waals surface area contributed by atoms with Crippen LogP contribution in [0.25, 0.3) is 0 Å². The SMILES string of the molecule is CC(Nc1nc(Cl)c(C#N)s1)C(F)(F)F. The minimum Gasteiger partial charge on any atom is -0.350 e. The number of nitrogens with zero attached hydrogens (tertiary/aromatic N) is 2. The molecule has 0 saturated heterocycles. The third kappa shape index (κ3) is 2.97. The van der Waals surface area contributed by atoms with Crippen molar-refractivity contribution in [3.8, 4) is 6.07 Å². The maximum absolute atomic E-state index is 12.1. The molecule has 0 aliphatic rings. The third-order valence-corrected chi connectivity index (χ3v) is 2.80. The van der Waals surface area contributed by atoms with Crippen LogP contribution in [0, 0.1) is 11.3 Å². The quantitative estimate of drug-likeness (QED) is 0.884. The molecule has 0 aliphatic carbocycles. The second-order valence-corrected chi connectivity index (χ2v) is 4.02. The summed E-state index contributed by atoms with van der Waals surface area (Å²) in [4.78, 5) is 3.68. The van der Waals surface area contributed by atoms with Crippen molar-refractivity contribution in [2.45, 2.75) is 19.1 Å². The third-order valence-electron chi connectivity index (χ3n) is 1.52. The molecule has 0 aliphatic heterocycles. The van der Waals surface area contributed by atoms with Gasteiger partial charge in [0.15, 0.2) is 10.3 Å². The van der Waals surface area contributed by atoms with Crippen molar-refractivity contribution in [3.05, 3.63) is 10.0 Å². The second kappa shape index (κ2) is 4.24. The first kappa shape index (κ1) is 12.1. The number of thiazole rings is 1. The van der Waals surface area contributed by atoms with E-state index in [0.29, 0.717) is 0 Å². The van der Waals surface area contributed by atoms with E-state index in [-0.39, 0.29) is 15.2 Å². The molecule has 0 radical (unpaired) electrons. The van der Waals surface area contributed by atoms with E-state index in [9.17, 15) is 13.2 Å². The van der Waals surface area contributed by atoms with Gasteiger partial charge in [0.1, 0.15) is 17.0 Å². The molecule has 8 heteroatoms. The minimum absolute atomic E-state index is 0.0126. The topological polar surface area (TPSA) is 48.7 Å². The van der Waals surface area contributed by atoms with Gasteiger partial charge in [-0.15, -0.1) is 0 Å². The van der Waals surface area contributed by atoms with Gasteiger partial charge in [-0.2, -0.15) is 18.4 Å². The van der Waals surface area contributed by atoms with Gasteiger partial charge in [-0.25, -0.2) is 4.98 Å². The van der Waals surface area contributed by atoms with Crippen LogP contribution >= 0.6 is 22.9 Å². The van der Waals surface area contributed by atoms with Crippen molar-refractivity contribution >= 4 is 28.1 Å². The maximum Gasteiger partial charge on any atom is 0.408 e. The highest BCUT2D eigenvalue weighted by atomic mass is 35.5. The molecule has 3 nitrogen and oxygen atoms in total. The molecule has 0 fully saturated rings. The molecule has 0 bridgehead atoms.